The van der Waals surface area contributed by atoms with E-state index in [0.29, 0.717) is 18.3 Å². The second-order valence-electron chi connectivity index (χ2n) is 13.3. The number of nitrogens with zero attached hydrogens (tertiary/aromatic N) is 1. The zero-order chi connectivity index (χ0) is 26.0. The van der Waals surface area contributed by atoms with Gasteiger partial charge >= 0.3 is 0 Å². The summed E-state index contributed by atoms with van der Waals surface area (Å²) in [7, 11) is 0. The number of aromatic amines is 1. The van der Waals surface area contributed by atoms with Crippen LogP contribution in [0.15, 0.2) is 36.4 Å². The molecule has 0 radical (unpaired) electrons. The molecular formula is C32H37F2N3O. The molecule has 5 aliphatic carbocycles. The first kappa shape index (κ1) is 23.4. The van der Waals surface area contributed by atoms with Crippen molar-refractivity contribution < 1.29 is 13.9 Å². The molecule has 0 amide bonds. The maximum absolute atomic E-state index is 16.4. The van der Waals surface area contributed by atoms with Crippen LogP contribution in [0.5, 0.6) is 0 Å². The van der Waals surface area contributed by atoms with Gasteiger partial charge in [0, 0.05) is 58.8 Å². The molecule has 1 spiro atoms. The molecule has 3 N–H and O–H groups in total. The number of hydrogen-bond acceptors (Lipinski definition) is 3. The molecule has 5 atom stereocenters. The highest BCUT2D eigenvalue weighted by molar-refractivity contribution is 5.85. The molecule has 1 saturated heterocycles. The number of likely N-dealkylation sites (tertiary alicyclic amines) is 1. The summed E-state index contributed by atoms with van der Waals surface area (Å²) in [5.41, 5.74) is 6.58. The lowest BCUT2D eigenvalue weighted by Crippen LogP contribution is -2.77. The predicted molar refractivity (Wildman–Crippen MR) is 146 cm³/mol. The van der Waals surface area contributed by atoms with Crippen LogP contribution in [0.4, 0.5) is 14.5 Å². The van der Waals surface area contributed by atoms with Gasteiger partial charge in [-0.3, -0.25) is 9.29 Å². The summed E-state index contributed by atoms with van der Waals surface area (Å²) in [6, 6.07) is 12.7. The van der Waals surface area contributed by atoms with Crippen LogP contribution < -0.4 is 5.32 Å². The Hall–Kier alpha value is -2.44. The van der Waals surface area contributed by atoms with Crippen LogP contribution in [0, 0.1) is 28.5 Å². The minimum Gasteiger partial charge on any atom is -0.393 e. The monoisotopic (exact) mass is 517 g/mol. The predicted octanol–water partition coefficient (Wildman–Crippen LogP) is 5.96. The standard InChI is InChI=1S/C32H37F2N3O/c1-17-10-22-21-6-3-4-7-25(21)36-29(22)27-26-23(30-31(18(2)38)15-32(30,16-31)28(17)27)11-19(12-24(26)34)35-20-13-37(14-20)9-5-8-33/h3-4,6-7,11-12,17-18,20,27-28,30,35-36,38H,5,8-10,13-16H2,1-2H3/t17-,18-,27+,28?,30?,31?,32?/m1/s1. The molecule has 38 heavy (non-hydrogen) atoms. The number of anilines is 1. The smallest absolute Gasteiger partial charge is 0.129 e. The maximum atomic E-state index is 16.4. The molecule has 2 heterocycles. The molecule has 200 valence electrons. The number of fused-ring (bicyclic) bond motifs is 7. The molecule has 2 aromatic carbocycles. The van der Waals surface area contributed by atoms with Crippen LogP contribution in [-0.2, 0) is 6.42 Å². The Morgan fingerprint density at radius 1 is 1.21 bits per heavy atom. The number of hydrogen-bond donors (Lipinski definition) is 3. The minimum absolute atomic E-state index is 0.0219. The summed E-state index contributed by atoms with van der Waals surface area (Å²) in [5, 5.41) is 15.8. The molecule has 9 rings (SSSR count). The summed E-state index contributed by atoms with van der Waals surface area (Å²) in [4.78, 5) is 6.00. The van der Waals surface area contributed by atoms with Crippen LogP contribution in [-0.4, -0.2) is 53.4 Å². The first-order valence-corrected chi connectivity index (χ1v) is 14.5. The largest absolute Gasteiger partial charge is 0.393 e. The van der Waals surface area contributed by atoms with Crippen LogP contribution in [0.3, 0.4) is 0 Å². The van der Waals surface area contributed by atoms with E-state index in [4.69, 9.17) is 0 Å². The van der Waals surface area contributed by atoms with Gasteiger partial charge < -0.3 is 15.4 Å². The quantitative estimate of drug-likeness (QED) is 0.378. The molecule has 4 nitrogen and oxygen atoms in total. The lowest BCUT2D eigenvalue weighted by molar-refractivity contribution is -0.315. The third kappa shape index (κ3) is 2.81. The molecule has 3 saturated carbocycles. The number of H-pyrrole nitrogens is 1. The van der Waals surface area contributed by atoms with Crippen molar-refractivity contribution >= 4 is 16.6 Å². The Balaban J connectivity index is 1.23. The van der Waals surface area contributed by atoms with Gasteiger partial charge in [0.15, 0.2) is 0 Å². The van der Waals surface area contributed by atoms with Crippen molar-refractivity contribution in [2.24, 2.45) is 22.7 Å². The first-order valence-electron chi connectivity index (χ1n) is 14.5. The van der Waals surface area contributed by atoms with Gasteiger partial charge in [0.25, 0.3) is 0 Å². The van der Waals surface area contributed by atoms with Crippen molar-refractivity contribution in [3.8, 4) is 0 Å². The molecule has 6 heteroatoms. The van der Waals surface area contributed by atoms with Crippen molar-refractivity contribution in [3.63, 3.8) is 0 Å². The Morgan fingerprint density at radius 3 is 2.76 bits per heavy atom. The molecule has 1 aliphatic heterocycles. The van der Waals surface area contributed by atoms with Crippen molar-refractivity contribution in [2.75, 3.05) is 31.6 Å². The fourth-order valence-electron chi connectivity index (χ4n) is 10.0. The zero-order valence-electron chi connectivity index (χ0n) is 22.2. The number of alkyl halides is 1. The fourth-order valence-corrected chi connectivity index (χ4v) is 10.0. The molecular weight excluding hydrogens is 480 g/mol. The first-order chi connectivity index (χ1) is 18.4. The van der Waals surface area contributed by atoms with Gasteiger partial charge in [0.05, 0.1) is 18.8 Å². The summed E-state index contributed by atoms with van der Waals surface area (Å²) < 4.78 is 29.0. The SMILES string of the molecule is C[C@@H]1Cc2c([nH]c3ccccc23)[C@H]2c3c(F)cc(NC4CN(CCCF)C4)cc3C3C4(CC3([C@@H](C)O)C4)C21. The Kier molecular flexibility index (Phi) is 4.82. The Morgan fingerprint density at radius 2 is 2.00 bits per heavy atom. The molecule has 3 aromatic rings. The van der Waals surface area contributed by atoms with E-state index in [1.807, 2.05) is 6.92 Å². The van der Waals surface area contributed by atoms with E-state index in [0.717, 1.165) is 61.2 Å². The van der Waals surface area contributed by atoms with Crippen LogP contribution in [0.2, 0.25) is 0 Å². The van der Waals surface area contributed by atoms with Gasteiger partial charge in [-0.1, -0.05) is 25.1 Å². The van der Waals surface area contributed by atoms with Gasteiger partial charge in [-0.15, -0.1) is 0 Å². The number of aromatic nitrogens is 1. The number of halogens is 2. The van der Waals surface area contributed by atoms with E-state index >= 15 is 4.39 Å². The van der Waals surface area contributed by atoms with E-state index in [-0.39, 0.29) is 41.2 Å². The maximum Gasteiger partial charge on any atom is 0.129 e. The lowest BCUT2D eigenvalue weighted by Gasteiger charge is -2.83. The van der Waals surface area contributed by atoms with Gasteiger partial charge in [0.1, 0.15) is 5.82 Å². The Bertz CT molecular complexity index is 1430. The van der Waals surface area contributed by atoms with Crippen molar-refractivity contribution in [3.05, 3.63) is 64.6 Å². The van der Waals surface area contributed by atoms with Gasteiger partial charge in [0.2, 0.25) is 0 Å². The summed E-state index contributed by atoms with van der Waals surface area (Å²) in [6.07, 6.45) is 3.30. The molecule has 2 unspecified atom stereocenters. The Labute approximate surface area is 222 Å². The third-order valence-electron chi connectivity index (χ3n) is 11.3. The van der Waals surface area contributed by atoms with Crippen molar-refractivity contribution in [1.82, 2.24) is 9.88 Å². The van der Waals surface area contributed by atoms with E-state index in [1.54, 1.807) is 6.07 Å². The second kappa shape index (κ2) is 7.82. The van der Waals surface area contributed by atoms with Crippen LogP contribution in [0.25, 0.3) is 10.9 Å². The highest BCUT2D eigenvalue weighted by Gasteiger charge is 2.82. The van der Waals surface area contributed by atoms with Crippen molar-refractivity contribution in [2.45, 2.75) is 63.5 Å². The van der Waals surface area contributed by atoms with E-state index in [2.05, 4.69) is 52.5 Å². The second-order valence-corrected chi connectivity index (χ2v) is 13.3. The summed E-state index contributed by atoms with van der Waals surface area (Å²) in [5.74, 6) is 0.962. The normalized spacial score (nSPS) is 35.7. The fraction of sp³-hybridized carbons (Fsp3) is 0.562. The molecule has 6 aliphatic rings. The number of para-hydroxylation sites is 1. The van der Waals surface area contributed by atoms with Crippen molar-refractivity contribution in [1.29, 1.82) is 0 Å². The van der Waals surface area contributed by atoms with Gasteiger partial charge in [-0.05, 0) is 85.1 Å². The highest BCUT2D eigenvalue weighted by Crippen LogP contribution is 2.89. The number of rotatable bonds is 6. The summed E-state index contributed by atoms with van der Waals surface area (Å²) >= 11 is 0. The van der Waals surface area contributed by atoms with E-state index in [1.165, 1.54) is 16.6 Å². The lowest BCUT2D eigenvalue weighted by atomic mass is 9.20. The zero-order valence-corrected chi connectivity index (χ0v) is 22.2. The number of aliphatic hydroxyl groups excluding tert-OH is 1. The number of aliphatic hydroxyl groups is 1. The molecule has 2 bridgehead atoms. The van der Waals surface area contributed by atoms with Gasteiger partial charge in [-0.25, -0.2) is 4.39 Å². The molecule has 4 fully saturated rings. The number of benzene rings is 2. The summed E-state index contributed by atoms with van der Waals surface area (Å²) in [6.45, 7) is 6.54. The topological polar surface area (TPSA) is 51.3 Å². The van der Waals surface area contributed by atoms with Gasteiger partial charge in [-0.2, -0.15) is 0 Å². The minimum atomic E-state index is -0.392. The average Bonchev–Trinajstić information content (AvgIpc) is 3.17. The molecule has 1 aromatic heterocycles. The van der Waals surface area contributed by atoms with E-state index in [9.17, 15) is 9.50 Å². The van der Waals surface area contributed by atoms with Crippen LogP contribution in [0.1, 0.15) is 67.3 Å². The van der Waals surface area contributed by atoms with E-state index < -0.39 is 6.10 Å². The van der Waals surface area contributed by atoms with Crippen LogP contribution >= 0.6 is 0 Å². The number of nitrogens with one attached hydrogen (secondary N) is 2. The third-order valence-corrected chi connectivity index (χ3v) is 11.3. The average molecular weight is 518 g/mol. The highest BCUT2D eigenvalue weighted by atomic mass is 19.1.